The summed E-state index contributed by atoms with van der Waals surface area (Å²) in [5.41, 5.74) is 2.10. The third-order valence-electron chi connectivity index (χ3n) is 3.22. The van der Waals surface area contributed by atoms with E-state index in [0.717, 1.165) is 42.9 Å². The van der Waals surface area contributed by atoms with E-state index in [1.807, 2.05) is 0 Å². The van der Waals surface area contributed by atoms with Gasteiger partial charge in [0.2, 0.25) is 5.28 Å². The van der Waals surface area contributed by atoms with Gasteiger partial charge in [-0.2, -0.15) is 4.98 Å². The molecule has 3 rings (SSSR count). The van der Waals surface area contributed by atoms with Gasteiger partial charge in [-0.25, -0.2) is 4.98 Å². The number of hydrogen-bond acceptors (Lipinski definition) is 4. The standard InChI is InChI=1S/C13H15ClN4.2ClH/c1-9-2-3-10-11(8-9)16-13(14)17-12(10)18-6-4-15-5-7-18;;/h2-3,8,15H,4-7H2,1H3;2*1H. The zero-order chi connectivity index (χ0) is 12.5. The molecule has 0 radical (unpaired) electrons. The molecule has 2 heterocycles. The summed E-state index contributed by atoms with van der Waals surface area (Å²) in [7, 11) is 0. The molecule has 2 aromatic rings. The summed E-state index contributed by atoms with van der Waals surface area (Å²) in [6.45, 7) is 5.93. The summed E-state index contributed by atoms with van der Waals surface area (Å²) in [4.78, 5) is 11.0. The van der Waals surface area contributed by atoms with Crippen molar-refractivity contribution in [3.8, 4) is 0 Å². The zero-order valence-electron chi connectivity index (χ0n) is 11.1. The van der Waals surface area contributed by atoms with Crippen molar-refractivity contribution in [1.82, 2.24) is 15.3 Å². The van der Waals surface area contributed by atoms with Gasteiger partial charge < -0.3 is 10.2 Å². The van der Waals surface area contributed by atoms with E-state index >= 15 is 0 Å². The molecular formula is C13H17Cl3N4. The normalized spacial score (nSPS) is 14.6. The van der Waals surface area contributed by atoms with Crippen LogP contribution < -0.4 is 10.2 Å². The Labute approximate surface area is 135 Å². The van der Waals surface area contributed by atoms with Crippen LogP contribution in [0.4, 0.5) is 5.82 Å². The maximum atomic E-state index is 6.03. The van der Waals surface area contributed by atoms with Crippen molar-refractivity contribution >= 4 is 53.1 Å². The zero-order valence-corrected chi connectivity index (χ0v) is 13.5. The minimum atomic E-state index is 0. The first-order chi connectivity index (χ1) is 8.74. The summed E-state index contributed by atoms with van der Waals surface area (Å²) in [5, 5.41) is 4.73. The molecule has 20 heavy (non-hydrogen) atoms. The first-order valence-corrected chi connectivity index (χ1v) is 6.51. The number of anilines is 1. The van der Waals surface area contributed by atoms with Gasteiger partial charge in [0.25, 0.3) is 0 Å². The van der Waals surface area contributed by atoms with Crippen molar-refractivity contribution < 1.29 is 0 Å². The third kappa shape index (κ3) is 3.44. The van der Waals surface area contributed by atoms with Crippen LogP contribution in [0.3, 0.4) is 0 Å². The van der Waals surface area contributed by atoms with E-state index < -0.39 is 0 Å². The van der Waals surface area contributed by atoms with E-state index in [0.29, 0.717) is 5.28 Å². The molecule has 0 atom stereocenters. The molecule has 1 aliphatic heterocycles. The highest BCUT2D eigenvalue weighted by Gasteiger charge is 2.16. The molecule has 0 bridgehead atoms. The van der Waals surface area contributed by atoms with Gasteiger partial charge in [-0.1, -0.05) is 6.07 Å². The third-order valence-corrected chi connectivity index (χ3v) is 3.39. The number of halogens is 3. The summed E-state index contributed by atoms with van der Waals surface area (Å²) < 4.78 is 0. The fraction of sp³-hybridized carbons (Fsp3) is 0.385. The van der Waals surface area contributed by atoms with E-state index in [9.17, 15) is 0 Å². The highest BCUT2D eigenvalue weighted by molar-refractivity contribution is 6.28. The minimum Gasteiger partial charge on any atom is -0.353 e. The fourth-order valence-electron chi connectivity index (χ4n) is 2.31. The summed E-state index contributed by atoms with van der Waals surface area (Å²) in [5.74, 6) is 0.950. The van der Waals surface area contributed by atoms with Gasteiger partial charge in [0, 0.05) is 31.6 Å². The molecule has 1 aromatic carbocycles. The Balaban J connectivity index is 0.000001000. The molecule has 0 amide bonds. The first-order valence-electron chi connectivity index (χ1n) is 6.13. The maximum Gasteiger partial charge on any atom is 0.224 e. The number of aromatic nitrogens is 2. The smallest absolute Gasteiger partial charge is 0.224 e. The number of benzene rings is 1. The number of fused-ring (bicyclic) bond motifs is 1. The second-order valence-corrected chi connectivity index (χ2v) is 4.91. The lowest BCUT2D eigenvalue weighted by atomic mass is 10.1. The quantitative estimate of drug-likeness (QED) is 0.814. The Morgan fingerprint density at radius 1 is 1.15 bits per heavy atom. The Morgan fingerprint density at radius 2 is 1.85 bits per heavy atom. The molecule has 1 fully saturated rings. The number of aryl methyl sites for hydroxylation is 1. The van der Waals surface area contributed by atoms with Crippen LogP contribution in [-0.4, -0.2) is 36.1 Å². The van der Waals surface area contributed by atoms with Gasteiger partial charge in [-0.05, 0) is 36.2 Å². The minimum absolute atomic E-state index is 0. The Bertz CT molecular complexity index is 580. The van der Waals surface area contributed by atoms with Crippen LogP contribution in [-0.2, 0) is 0 Å². The predicted octanol–water partition coefficient (Wildman–Crippen LogP) is 2.84. The number of nitrogens with one attached hydrogen (secondary N) is 1. The number of nitrogens with zero attached hydrogens (tertiary/aromatic N) is 3. The molecule has 1 N–H and O–H groups in total. The van der Waals surface area contributed by atoms with Gasteiger partial charge in [-0.15, -0.1) is 24.8 Å². The van der Waals surface area contributed by atoms with Crippen molar-refractivity contribution in [1.29, 1.82) is 0 Å². The highest BCUT2D eigenvalue weighted by atomic mass is 35.5. The van der Waals surface area contributed by atoms with Crippen molar-refractivity contribution in [2.24, 2.45) is 0 Å². The van der Waals surface area contributed by atoms with Crippen LogP contribution in [0.1, 0.15) is 5.56 Å². The number of rotatable bonds is 1. The lowest BCUT2D eigenvalue weighted by Gasteiger charge is -2.29. The maximum absolute atomic E-state index is 6.03. The molecule has 0 saturated carbocycles. The lowest BCUT2D eigenvalue weighted by molar-refractivity contribution is 0.586. The van der Waals surface area contributed by atoms with Crippen LogP contribution in [0, 0.1) is 6.92 Å². The fourth-order valence-corrected chi connectivity index (χ4v) is 2.48. The summed E-state index contributed by atoms with van der Waals surface area (Å²) >= 11 is 6.03. The Morgan fingerprint density at radius 3 is 2.55 bits per heavy atom. The molecular weight excluding hydrogens is 319 g/mol. The highest BCUT2D eigenvalue weighted by Crippen LogP contribution is 2.26. The van der Waals surface area contributed by atoms with Crippen LogP contribution in [0.15, 0.2) is 18.2 Å². The van der Waals surface area contributed by atoms with Crippen LogP contribution in [0.5, 0.6) is 0 Å². The average molecular weight is 336 g/mol. The van der Waals surface area contributed by atoms with Crippen molar-refractivity contribution in [3.05, 3.63) is 29.0 Å². The molecule has 0 aliphatic carbocycles. The Hall–Kier alpha value is -0.810. The lowest BCUT2D eigenvalue weighted by Crippen LogP contribution is -2.44. The molecule has 1 aliphatic rings. The molecule has 1 aromatic heterocycles. The molecule has 0 unspecified atom stereocenters. The van der Waals surface area contributed by atoms with Crippen LogP contribution in [0.25, 0.3) is 10.9 Å². The van der Waals surface area contributed by atoms with Gasteiger partial charge in [0.1, 0.15) is 5.82 Å². The van der Waals surface area contributed by atoms with Gasteiger partial charge >= 0.3 is 0 Å². The predicted molar refractivity (Wildman–Crippen MR) is 88.9 cm³/mol. The van der Waals surface area contributed by atoms with E-state index in [2.05, 4.69) is 45.3 Å². The summed E-state index contributed by atoms with van der Waals surface area (Å²) in [6, 6.07) is 6.22. The van der Waals surface area contributed by atoms with Crippen LogP contribution >= 0.6 is 36.4 Å². The number of hydrogen-bond donors (Lipinski definition) is 1. The van der Waals surface area contributed by atoms with Crippen molar-refractivity contribution in [2.75, 3.05) is 31.1 Å². The van der Waals surface area contributed by atoms with Crippen molar-refractivity contribution in [2.45, 2.75) is 6.92 Å². The monoisotopic (exact) mass is 334 g/mol. The van der Waals surface area contributed by atoms with Crippen LogP contribution in [0.2, 0.25) is 5.28 Å². The molecule has 110 valence electrons. The van der Waals surface area contributed by atoms with Gasteiger partial charge in [0.05, 0.1) is 5.52 Å². The van der Waals surface area contributed by atoms with E-state index in [1.54, 1.807) is 0 Å². The molecule has 1 saturated heterocycles. The molecule has 0 spiro atoms. The molecule has 4 nitrogen and oxygen atoms in total. The largest absolute Gasteiger partial charge is 0.353 e. The van der Waals surface area contributed by atoms with E-state index in [4.69, 9.17) is 11.6 Å². The second kappa shape index (κ2) is 7.27. The van der Waals surface area contributed by atoms with E-state index in [1.165, 1.54) is 5.56 Å². The topological polar surface area (TPSA) is 41.0 Å². The van der Waals surface area contributed by atoms with Crippen molar-refractivity contribution in [3.63, 3.8) is 0 Å². The average Bonchev–Trinajstić information content (AvgIpc) is 2.38. The van der Waals surface area contributed by atoms with Gasteiger partial charge in [0.15, 0.2) is 0 Å². The SMILES string of the molecule is Cc1ccc2c(N3CCNCC3)nc(Cl)nc2c1.Cl.Cl. The first kappa shape index (κ1) is 17.2. The Kier molecular flexibility index (Phi) is 6.27. The summed E-state index contributed by atoms with van der Waals surface area (Å²) in [6.07, 6.45) is 0. The van der Waals surface area contributed by atoms with E-state index in [-0.39, 0.29) is 24.8 Å². The molecule has 7 heteroatoms. The van der Waals surface area contributed by atoms with Gasteiger partial charge in [-0.3, -0.25) is 0 Å². The second-order valence-electron chi connectivity index (χ2n) is 4.57. The number of piperazine rings is 1.